The molecule has 1 atom stereocenters. The Morgan fingerprint density at radius 1 is 1.39 bits per heavy atom. The van der Waals surface area contributed by atoms with Gasteiger partial charge in [0.05, 0.1) is 12.3 Å². The maximum atomic E-state index is 5.18. The molecular formula is C14H18N8O. The second kappa shape index (κ2) is 5.58. The minimum atomic E-state index is 0.280. The zero-order chi connectivity index (χ0) is 15.8. The number of fused-ring (bicyclic) bond motifs is 2. The summed E-state index contributed by atoms with van der Waals surface area (Å²) in [6.45, 7) is 3.27. The van der Waals surface area contributed by atoms with Crippen molar-refractivity contribution in [3.8, 4) is 0 Å². The van der Waals surface area contributed by atoms with Crippen LogP contribution < -0.4 is 5.32 Å². The molecular weight excluding hydrogens is 296 g/mol. The quantitative estimate of drug-likeness (QED) is 0.753. The third kappa shape index (κ3) is 2.52. The zero-order valence-electron chi connectivity index (χ0n) is 13.1. The summed E-state index contributed by atoms with van der Waals surface area (Å²) in [5.41, 5.74) is 0.826. The summed E-state index contributed by atoms with van der Waals surface area (Å²) < 4.78 is 9.06. The van der Waals surface area contributed by atoms with Gasteiger partial charge in [-0.2, -0.15) is 14.6 Å². The summed E-state index contributed by atoms with van der Waals surface area (Å²) >= 11 is 0. The van der Waals surface area contributed by atoms with Gasteiger partial charge in [-0.3, -0.25) is 0 Å². The second-order valence-electron chi connectivity index (χ2n) is 5.69. The van der Waals surface area contributed by atoms with Crippen molar-refractivity contribution in [3.63, 3.8) is 0 Å². The van der Waals surface area contributed by atoms with Crippen LogP contribution in [0.2, 0.25) is 0 Å². The van der Waals surface area contributed by atoms with Crippen LogP contribution in [-0.4, -0.2) is 47.5 Å². The number of ether oxygens (including phenoxy) is 1. The average molecular weight is 314 g/mol. The van der Waals surface area contributed by atoms with Crippen molar-refractivity contribution in [2.45, 2.75) is 39.0 Å². The lowest BCUT2D eigenvalue weighted by Crippen LogP contribution is -2.32. The molecule has 0 saturated carbocycles. The van der Waals surface area contributed by atoms with E-state index in [4.69, 9.17) is 4.74 Å². The second-order valence-corrected chi connectivity index (χ2v) is 5.69. The number of anilines is 1. The van der Waals surface area contributed by atoms with Gasteiger partial charge in [-0.15, -0.1) is 10.2 Å². The van der Waals surface area contributed by atoms with Crippen LogP contribution in [0.4, 0.5) is 5.82 Å². The van der Waals surface area contributed by atoms with Crippen molar-refractivity contribution in [1.82, 2.24) is 34.3 Å². The van der Waals surface area contributed by atoms with Crippen molar-refractivity contribution in [3.05, 3.63) is 29.7 Å². The molecule has 0 aromatic carbocycles. The standard InChI is InChI=1S/C14H18N8O/c1-9-19-20-12-4-3-10(6-21(9)12)17-13-5-11(7-23-2)18-14-15-8-16-22(13)14/h5,8,10,17H,3-4,6-7H2,1-2H3. The molecule has 0 radical (unpaired) electrons. The van der Waals surface area contributed by atoms with Gasteiger partial charge in [-0.05, 0) is 13.3 Å². The molecule has 9 nitrogen and oxygen atoms in total. The molecule has 0 fully saturated rings. The molecule has 1 aliphatic rings. The first-order valence-corrected chi connectivity index (χ1v) is 7.58. The molecule has 0 bridgehead atoms. The number of rotatable bonds is 4. The first kappa shape index (κ1) is 14.1. The summed E-state index contributed by atoms with van der Waals surface area (Å²) in [6.07, 6.45) is 3.41. The molecule has 4 heterocycles. The molecule has 23 heavy (non-hydrogen) atoms. The number of nitrogens with zero attached hydrogens (tertiary/aromatic N) is 7. The van der Waals surface area contributed by atoms with E-state index in [2.05, 4.69) is 35.1 Å². The van der Waals surface area contributed by atoms with E-state index in [0.717, 1.165) is 42.5 Å². The number of nitrogens with one attached hydrogen (secondary N) is 1. The van der Waals surface area contributed by atoms with Crippen LogP contribution in [0.1, 0.15) is 23.8 Å². The maximum absolute atomic E-state index is 5.18. The van der Waals surface area contributed by atoms with Crippen LogP contribution >= 0.6 is 0 Å². The van der Waals surface area contributed by atoms with Crippen LogP contribution in [0.25, 0.3) is 5.78 Å². The summed E-state index contributed by atoms with van der Waals surface area (Å²) in [6, 6.07) is 2.24. The average Bonchev–Trinajstić information content (AvgIpc) is 3.15. The third-order valence-electron chi connectivity index (χ3n) is 4.08. The van der Waals surface area contributed by atoms with E-state index in [1.165, 1.54) is 6.33 Å². The van der Waals surface area contributed by atoms with Gasteiger partial charge in [0.15, 0.2) is 0 Å². The molecule has 9 heteroatoms. The Morgan fingerprint density at radius 2 is 2.30 bits per heavy atom. The molecule has 0 spiro atoms. The molecule has 0 aliphatic carbocycles. The van der Waals surface area contributed by atoms with Gasteiger partial charge in [0.25, 0.3) is 5.78 Å². The van der Waals surface area contributed by atoms with Crippen molar-refractivity contribution < 1.29 is 4.74 Å². The van der Waals surface area contributed by atoms with Gasteiger partial charge in [-0.1, -0.05) is 0 Å². The lowest BCUT2D eigenvalue weighted by Gasteiger charge is -2.26. The highest BCUT2D eigenvalue weighted by atomic mass is 16.5. The van der Waals surface area contributed by atoms with Crippen LogP contribution in [0, 0.1) is 6.92 Å². The molecule has 3 aromatic heterocycles. The lowest BCUT2D eigenvalue weighted by molar-refractivity contribution is 0.181. The minimum absolute atomic E-state index is 0.280. The highest BCUT2D eigenvalue weighted by Gasteiger charge is 2.22. The molecule has 3 aromatic rings. The van der Waals surface area contributed by atoms with Crippen LogP contribution in [-0.2, 0) is 24.3 Å². The van der Waals surface area contributed by atoms with Crippen molar-refractivity contribution in [1.29, 1.82) is 0 Å². The molecule has 1 N–H and O–H groups in total. The Hall–Kier alpha value is -2.55. The van der Waals surface area contributed by atoms with Crippen molar-refractivity contribution in [2.24, 2.45) is 0 Å². The van der Waals surface area contributed by atoms with Crippen LogP contribution in [0.5, 0.6) is 0 Å². The maximum Gasteiger partial charge on any atom is 0.254 e. The third-order valence-corrected chi connectivity index (χ3v) is 4.08. The Kier molecular flexibility index (Phi) is 3.41. The molecule has 4 rings (SSSR count). The van der Waals surface area contributed by atoms with Gasteiger partial charge < -0.3 is 14.6 Å². The van der Waals surface area contributed by atoms with E-state index in [9.17, 15) is 0 Å². The number of aromatic nitrogens is 7. The number of hydrogen-bond acceptors (Lipinski definition) is 7. The van der Waals surface area contributed by atoms with Gasteiger partial charge >= 0.3 is 0 Å². The van der Waals surface area contributed by atoms with E-state index in [-0.39, 0.29) is 6.04 Å². The molecule has 1 unspecified atom stereocenters. The van der Waals surface area contributed by atoms with E-state index >= 15 is 0 Å². The molecule has 1 aliphatic heterocycles. The van der Waals surface area contributed by atoms with Crippen LogP contribution in [0.3, 0.4) is 0 Å². The summed E-state index contributed by atoms with van der Waals surface area (Å²) in [4.78, 5) is 8.60. The Balaban J connectivity index is 1.62. The number of methoxy groups -OCH3 is 1. The SMILES string of the molecule is COCc1cc(NC2CCc3nnc(C)n3C2)n2ncnc2n1. The minimum Gasteiger partial charge on any atom is -0.378 e. The fourth-order valence-corrected chi connectivity index (χ4v) is 2.98. The van der Waals surface area contributed by atoms with Gasteiger partial charge in [0.1, 0.15) is 23.8 Å². The van der Waals surface area contributed by atoms with Crippen molar-refractivity contribution in [2.75, 3.05) is 12.4 Å². The monoisotopic (exact) mass is 314 g/mol. The Labute approximate surface area is 132 Å². The fourth-order valence-electron chi connectivity index (χ4n) is 2.98. The first-order chi connectivity index (χ1) is 11.2. The Bertz CT molecular complexity index is 839. The highest BCUT2D eigenvalue weighted by Crippen LogP contribution is 2.19. The fraction of sp³-hybridized carbons (Fsp3) is 0.500. The topological polar surface area (TPSA) is 95.0 Å². The van der Waals surface area contributed by atoms with E-state index in [1.54, 1.807) is 11.6 Å². The largest absolute Gasteiger partial charge is 0.378 e. The van der Waals surface area contributed by atoms with Gasteiger partial charge in [0, 0.05) is 32.2 Å². The first-order valence-electron chi connectivity index (χ1n) is 7.58. The number of aryl methyl sites for hydroxylation is 2. The summed E-state index contributed by atoms with van der Waals surface area (Å²) in [5, 5.41) is 16.2. The Morgan fingerprint density at radius 3 is 3.17 bits per heavy atom. The summed E-state index contributed by atoms with van der Waals surface area (Å²) in [7, 11) is 1.65. The normalized spacial score (nSPS) is 17.4. The van der Waals surface area contributed by atoms with E-state index < -0.39 is 0 Å². The number of hydrogen-bond donors (Lipinski definition) is 1. The van der Waals surface area contributed by atoms with Gasteiger partial charge in [0.2, 0.25) is 0 Å². The van der Waals surface area contributed by atoms with Crippen LogP contribution in [0.15, 0.2) is 12.4 Å². The molecule has 0 saturated heterocycles. The highest BCUT2D eigenvalue weighted by molar-refractivity contribution is 5.45. The van der Waals surface area contributed by atoms with Crippen molar-refractivity contribution >= 4 is 11.6 Å². The lowest BCUT2D eigenvalue weighted by atomic mass is 10.1. The smallest absolute Gasteiger partial charge is 0.254 e. The molecule has 0 amide bonds. The summed E-state index contributed by atoms with van der Waals surface area (Å²) in [5.74, 6) is 3.45. The predicted molar refractivity (Wildman–Crippen MR) is 82.0 cm³/mol. The molecule has 120 valence electrons. The predicted octanol–water partition coefficient (Wildman–Crippen LogP) is 0.598. The van der Waals surface area contributed by atoms with Gasteiger partial charge in [-0.25, -0.2) is 4.98 Å². The van der Waals surface area contributed by atoms with E-state index in [0.29, 0.717) is 12.4 Å². The zero-order valence-corrected chi connectivity index (χ0v) is 13.1. The van der Waals surface area contributed by atoms with E-state index in [1.807, 2.05) is 13.0 Å².